The zero-order valence-electron chi connectivity index (χ0n) is 7.83. The van der Waals surface area contributed by atoms with E-state index in [2.05, 4.69) is 20.7 Å². The maximum Gasteiger partial charge on any atom is 0.232 e. The molecule has 0 radical (unpaired) electrons. The predicted octanol–water partition coefficient (Wildman–Crippen LogP) is 2.60. The highest BCUT2D eigenvalue weighted by atomic mass is 79.9. The first kappa shape index (κ1) is 11.5. The molecule has 0 saturated heterocycles. The second-order valence-electron chi connectivity index (χ2n) is 2.93. The lowest BCUT2D eigenvalue weighted by Crippen LogP contribution is -2.15. The molecule has 0 fully saturated rings. The van der Waals surface area contributed by atoms with Crippen molar-refractivity contribution >= 4 is 31.6 Å². The van der Waals surface area contributed by atoms with Gasteiger partial charge in [0, 0.05) is 10.2 Å². The monoisotopic (exact) mass is 277 g/mol. The van der Waals surface area contributed by atoms with E-state index in [0.717, 1.165) is 4.47 Å². The highest BCUT2D eigenvalue weighted by Gasteiger charge is 2.07. The van der Waals surface area contributed by atoms with Gasteiger partial charge < -0.3 is 0 Å². The summed E-state index contributed by atoms with van der Waals surface area (Å²) < 4.78 is 26.1. The molecule has 0 saturated carbocycles. The van der Waals surface area contributed by atoms with E-state index in [1.54, 1.807) is 18.2 Å². The Bertz CT molecular complexity index is 403. The molecule has 0 spiro atoms. The van der Waals surface area contributed by atoms with E-state index in [4.69, 9.17) is 0 Å². The molecule has 1 aromatic carbocycles. The van der Waals surface area contributed by atoms with E-state index in [1.165, 1.54) is 0 Å². The average molecular weight is 278 g/mol. The van der Waals surface area contributed by atoms with Crippen molar-refractivity contribution < 1.29 is 8.42 Å². The van der Waals surface area contributed by atoms with Gasteiger partial charge in [-0.3, -0.25) is 4.72 Å². The van der Waals surface area contributed by atoms with Crippen molar-refractivity contribution in [3.63, 3.8) is 0 Å². The molecule has 3 nitrogen and oxygen atoms in total. The van der Waals surface area contributed by atoms with Crippen LogP contribution in [0.5, 0.6) is 0 Å². The lowest BCUT2D eigenvalue weighted by Gasteiger charge is -2.06. The number of halogens is 1. The molecule has 1 rings (SSSR count). The Morgan fingerprint density at radius 3 is 2.71 bits per heavy atom. The molecule has 0 amide bonds. The van der Waals surface area contributed by atoms with Gasteiger partial charge in [0.2, 0.25) is 10.0 Å². The summed E-state index contributed by atoms with van der Waals surface area (Å²) in [7, 11) is -3.17. The van der Waals surface area contributed by atoms with Crippen LogP contribution in [-0.2, 0) is 10.0 Å². The molecule has 0 aliphatic rings. The van der Waals surface area contributed by atoms with E-state index in [1.807, 2.05) is 13.0 Å². The Morgan fingerprint density at radius 1 is 1.43 bits per heavy atom. The second kappa shape index (κ2) is 4.79. The van der Waals surface area contributed by atoms with Crippen molar-refractivity contribution in [1.82, 2.24) is 0 Å². The highest BCUT2D eigenvalue weighted by molar-refractivity contribution is 9.10. The first-order valence-corrected chi connectivity index (χ1v) is 6.74. The van der Waals surface area contributed by atoms with E-state index >= 15 is 0 Å². The summed E-state index contributed by atoms with van der Waals surface area (Å²) in [6.45, 7) is 1.83. The first-order valence-electron chi connectivity index (χ1n) is 4.29. The quantitative estimate of drug-likeness (QED) is 0.920. The molecule has 0 atom stereocenters. The summed E-state index contributed by atoms with van der Waals surface area (Å²) in [5.41, 5.74) is 0.591. The third kappa shape index (κ3) is 3.67. The van der Waals surface area contributed by atoms with Crippen LogP contribution < -0.4 is 4.72 Å². The standard InChI is InChI=1S/C9H12BrNO2S/c1-2-6-14(12,13)11-9-5-3-4-8(10)7-9/h3-5,7,11H,2,6H2,1H3. The molecule has 1 N–H and O–H groups in total. The molecular weight excluding hydrogens is 266 g/mol. The van der Waals surface area contributed by atoms with E-state index in [9.17, 15) is 8.42 Å². The summed E-state index contributed by atoms with van der Waals surface area (Å²) in [6, 6.07) is 7.08. The number of benzene rings is 1. The first-order chi connectivity index (χ1) is 6.53. The summed E-state index contributed by atoms with van der Waals surface area (Å²) in [4.78, 5) is 0. The van der Waals surface area contributed by atoms with Gasteiger partial charge in [0.25, 0.3) is 0 Å². The van der Waals surface area contributed by atoms with Gasteiger partial charge in [-0.2, -0.15) is 0 Å². The van der Waals surface area contributed by atoms with Gasteiger partial charge in [-0.1, -0.05) is 28.9 Å². The molecule has 0 unspecified atom stereocenters. The minimum Gasteiger partial charge on any atom is -0.284 e. The Morgan fingerprint density at radius 2 is 2.14 bits per heavy atom. The lowest BCUT2D eigenvalue weighted by molar-refractivity contribution is 0.600. The molecule has 14 heavy (non-hydrogen) atoms. The van der Waals surface area contributed by atoms with Gasteiger partial charge in [-0.15, -0.1) is 0 Å². The molecule has 5 heteroatoms. The van der Waals surface area contributed by atoms with Crippen LogP contribution in [0.25, 0.3) is 0 Å². The Labute approximate surface area is 92.7 Å². The van der Waals surface area contributed by atoms with Crippen molar-refractivity contribution in [3.05, 3.63) is 28.7 Å². The van der Waals surface area contributed by atoms with Crippen molar-refractivity contribution in [2.75, 3.05) is 10.5 Å². The van der Waals surface area contributed by atoms with E-state index in [-0.39, 0.29) is 5.75 Å². The van der Waals surface area contributed by atoms with Crippen LogP contribution in [0.1, 0.15) is 13.3 Å². The molecular formula is C9H12BrNO2S. The Balaban J connectivity index is 2.79. The molecule has 1 aromatic rings. The van der Waals surface area contributed by atoms with Crippen molar-refractivity contribution in [2.24, 2.45) is 0 Å². The summed E-state index contributed by atoms with van der Waals surface area (Å²) >= 11 is 3.27. The fourth-order valence-corrected chi connectivity index (χ4v) is 2.58. The van der Waals surface area contributed by atoms with Gasteiger partial charge in [0.05, 0.1) is 5.75 Å². The minimum absolute atomic E-state index is 0.152. The van der Waals surface area contributed by atoms with E-state index < -0.39 is 10.0 Å². The second-order valence-corrected chi connectivity index (χ2v) is 5.69. The number of nitrogens with one attached hydrogen (secondary N) is 1. The van der Waals surface area contributed by atoms with Crippen LogP contribution in [0, 0.1) is 0 Å². The van der Waals surface area contributed by atoms with Crippen LogP contribution in [-0.4, -0.2) is 14.2 Å². The van der Waals surface area contributed by atoms with Crippen LogP contribution in [0.3, 0.4) is 0 Å². The van der Waals surface area contributed by atoms with Crippen molar-refractivity contribution in [1.29, 1.82) is 0 Å². The zero-order chi connectivity index (χ0) is 10.6. The van der Waals surface area contributed by atoms with Gasteiger partial charge in [-0.05, 0) is 24.6 Å². The number of hydrogen-bond acceptors (Lipinski definition) is 2. The zero-order valence-corrected chi connectivity index (χ0v) is 10.2. The van der Waals surface area contributed by atoms with Crippen LogP contribution in [0.4, 0.5) is 5.69 Å². The van der Waals surface area contributed by atoms with Crippen LogP contribution in [0.2, 0.25) is 0 Å². The number of anilines is 1. The largest absolute Gasteiger partial charge is 0.284 e. The highest BCUT2D eigenvalue weighted by Crippen LogP contribution is 2.16. The molecule has 0 aliphatic heterocycles. The van der Waals surface area contributed by atoms with Gasteiger partial charge in [-0.25, -0.2) is 8.42 Å². The lowest BCUT2D eigenvalue weighted by atomic mass is 10.3. The Kier molecular flexibility index (Phi) is 3.95. The fraction of sp³-hybridized carbons (Fsp3) is 0.333. The molecule has 0 heterocycles. The molecule has 0 aliphatic carbocycles. The molecule has 78 valence electrons. The fourth-order valence-electron chi connectivity index (χ4n) is 1.05. The summed E-state index contributed by atoms with van der Waals surface area (Å²) in [6.07, 6.45) is 0.614. The van der Waals surface area contributed by atoms with Crippen LogP contribution in [0.15, 0.2) is 28.7 Å². The maximum absolute atomic E-state index is 11.4. The normalized spacial score (nSPS) is 11.3. The van der Waals surface area contributed by atoms with Crippen molar-refractivity contribution in [2.45, 2.75) is 13.3 Å². The predicted molar refractivity (Wildman–Crippen MR) is 61.8 cm³/mol. The molecule has 0 bridgehead atoms. The smallest absolute Gasteiger partial charge is 0.232 e. The molecule has 0 aromatic heterocycles. The Hall–Kier alpha value is -0.550. The topological polar surface area (TPSA) is 46.2 Å². The summed E-state index contributed by atoms with van der Waals surface area (Å²) in [5.74, 6) is 0.152. The maximum atomic E-state index is 11.4. The third-order valence-corrected chi connectivity index (χ3v) is 3.56. The summed E-state index contributed by atoms with van der Waals surface area (Å²) in [5, 5.41) is 0. The number of sulfonamides is 1. The average Bonchev–Trinajstić information content (AvgIpc) is 2.02. The SMILES string of the molecule is CCCS(=O)(=O)Nc1cccc(Br)c1. The van der Waals surface area contributed by atoms with Gasteiger partial charge in [0.1, 0.15) is 0 Å². The van der Waals surface area contributed by atoms with Gasteiger partial charge in [0.15, 0.2) is 0 Å². The van der Waals surface area contributed by atoms with Crippen LogP contribution >= 0.6 is 15.9 Å². The third-order valence-electron chi connectivity index (χ3n) is 1.57. The minimum atomic E-state index is -3.17. The number of rotatable bonds is 4. The van der Waals surface area contributed by atoms with Gasteiger partial charge >= 0.3 is 0 Å². The van der Waals surface area contributed by atoms with E-state index in [0.29, 0.717) is 12.1 Å². The van der Waals surface area contributed by atoms with Crippen molar-refractivity contribution in [3.8, 4) is 0 Å². The number of hydrogen-bond donors (Lipinski definition) is 1.